The molecule has 2 aromatic heterocycles. The molecule has 0 bridgehead atoms. The van der Waals surface area contributed by atoms with E-state index in [1.54, 1.807) is 19.2 Å². The third-order valence-electron chi connectivity index (χ3n) is 3.55. The minimum absolute atomic E-state index is 0.0294. The second-order valence-corrected chi connectivity index (χ2v) is 6.51. The standard InChI is InChI=1S/C18H18N4O5S/c1-25-13-6-4-12(5-7-13)9-16-21-22-18(27-16)28-11-15(23)20-17(24)19-10-14-3-2-8-26-14/h2-8H,9-11H2,1H3,(H2,19,20,23,24). The number of rotatable bonds is 8. The third kappa shape index (κ3) is 5.88. The van der Waals surface area contributed by atoms with Crippen LogP contribution in [0.15, 0.2) is 56.7 Å². The molecule has 0 unspecified atom stereocenters. The molecule has 0 spiro atoms. The number of thioether (sulfide) groups is 1. The van der Waals surface area contributed by atoms with Gasteiger partial charge in [-0.3, -0.25) is 10.1 Å². The number of benzene rings is 1. The quantitative estimate of drug-likeness (QED) is 0.551. The lowest BCUT2D eigenvalue weighted by Crippen LogP contribution is -2.39. The van der Waals surface area contributed by atoms with E-state index < -0.39 is 11.9 Å². The Morgan fingerprint density at radius 1 is 1.18 bits per heavy atom. The Morgan fingerprint density at radius 3 is 2.71 bits per heavy atom. The van der Waals surface area contributed by atoms with Crippen molar-refractivity contribution in [1.82, 2.24) is 20.8 Å². The van der Waals surface area contributed by atoms with E-state index in [-0.39, 0.29) is 17.5 Å². The number of nitrogens with zero attached hydrogens (tertiary/aromatic N) is 2. The number of imide groups is 1. The van der Waals surface area contributed by atoms with Crippen LogP contribution in [0.25, 0.3) is 0 Å². The number of ether oxygens (including phenoxy) is 1. The van der Waals surface area contributed by atoms with Crippen LogP contribution in [0.3, 0.4) is 0 Å². The number of aromatic nitrogens is 2. The van der Waals surface area contributed by atoms with Gasteiger partial charge in [-0.05, 0) is 29.8 Å². The molecular weight excluding hydrogens is 384 g/mol. The molecule has 0 radical (unpaired) electrons. The first-order chi connectivity index (χ1) is 13.6. The van der Waals surface area contributed by atoms with E-state index in [0.29, 0.717) is 18.1 Å². The van der Waals surface area contributed by atoms with Crippen molar-refractivity contribution >= 4 is 23.7 Å². The predicted molar refractivity (Wildman–Crippen MR) is 99.9 cm³/mol. The van der Waals surface area contributed by atoms with Gasteiger partial charge in [0.2, 0.25) is 11.8 Å². The lowest BCUT2D eigenvalue weighted by Gasteiger charge is -2.04. The van der Waals surface area contributed by atoms with Gasteiger partial charge < -0.3 is 18.9 Å². The lowest BCUT2D eigenvalue weighted by atomic mass is 10.1. The van der Waals surface area contributed by atoms with Crippen LogP contribution in [0.2, 0.25) is 0 Å². The van der Waals surface area contributed by atoms with Crippen LogP contribution in [0.4, 0.5) is 4.79 Å². The minimum atomic E-state index is -0.604. The number of amides is 3. The van der Waals surface area contributed by atoms with Crippen LogP contribution < -0.4 is 15.4 Å². The number of carbonyl (C=O) groups is 2. The van der Waals surface area contributed by atoms with Gasteiger partial charge in [0.15, 0.2) is 0 Å². The van der Waals surface area contributed by atoms with E-state index in [1.165, 1.54) is 6.26 Å². The summed E-state index contributed by atoms with van der Waals surface area (Å²) in [6, 6.07) is 10.3. The molecule has 3 amide bonds. The van der Waals surface area contributed by atoms with Gasteiger partial charge in [0, 0.05) is 0 Å². The van der Waals surface area contributed by atoms with Gasteiger partial charge in [0.05, 0.1) is 32.1 Å². The van der Waals surface area contributed by atoms with Crippen LogP contribution in [0.1, 0.15) is 17.2 Å². The molecule has 2 N–H and O–H groups in total. The number of furan rings is 1. The predicted octanol–water partition coefficient (Wildman–Crippen LogP) is 2.38. The van der Waals surface area contributed by atoms with Gasteiger partial charge >= 0.3 is 6.03 Å². The summed E-state index contributed by atoms with van der Waals surface area (Å²) in [4.78, 5) is 23.5. The fourth-order valence-corrected chi connectivity index (χ4v) is 2.78. The van der Waals surface area contributed by atoms with Crippen molar-refractivity contribution in [3.05, 3.63) is 59.9 Å². The van der Waals surface area contributed by atoms with Crippen LogP contribution in [-0.2, 0) is 17.8 Å². The fourth-order valence-electron chi connectivity index (χ4n) is 2.20. The van der Waals surface area contributed by atoms with Crippen molar-refractivity contribution in [2.75, 3.05) is 12.9 Å². The van der Waals surface area contributed by atoms with Gasteiger partial charge in [0.25, 0.3) is 5.22 Å². The highest BCUT2D eigenvalue weighted by Crippen LogP contribution is 2.18. The van der Waals surface area contributed by atoms with Crippen molar-refractivity contribution in [3.8, 4) is 5.75 Å². The summed E-state index contributed by atoms with van der Waals surface area (Å²) in [7, 11) is 1.61. The Labute approximate surface area is 164 Å². The normalized spacial score (nSPS) is 10.5. The zero-order chi connectivity index (χ0) is 19.8. The van der Waals surface area contributed by atoms with Crippen molar-refractivity contribution in [1.29, 1.82) is 0 Å². The smallest absolute Gasteiger partial charge is 0.321 e. The molecule has 0 fully saturated rings. The zero-order valence-corrected chi connectivity index (χ0v) is 15.8. The summed E-state index contributed by atoms with van der Waals surface area (Å²) in [6.45, 7) is 0.192. The monoisotopic (exact) mass is 402 g/mol. The van der Waals surface area contributed by atoms with E-state index in [4.69, 9.17) is 13.6 Å². The Hall–Kier alpha value is -3.27. The van der Waals surface area contributed by atoms with Crippen molar-refractivity contribution < 1.29 is 23.2 Å². The molecule has 0 saturated carbocycles. The third-order valence-corrected chi connectivity index (χ3v) is 4.36. The fraction of sp³-hybridized carbons (Fsp3) is 0.222. The Balaban J connectivity index is 1.40. The summed E-state index contributed by atoms with van der Waals surface area (Å²) in [5.41, 5.74) is 0.993. The minimum Gasteiger partial charge on any atom is -0.497 e. The number of nitrogens with one attached hydrogen (secondary N) is 2. The summed E-state index contributed by atoms with van der Waals surface area (Å²) < 4.78 is 15.7. The Kier molecular flexibility index (Phi) is 6.68. The molecule has 0 aliphatic rings. The van der Waals surface area contributed by atoms with Crippen molar-refractivity contribution in [2.24, 2.45) is 0 Å². The molecule has 28 heavy (non-hydrogen) atoms. The molecule has 3 rings (SSSR count). The van der Waals surface area contributed by atoms with Gasteiger partial charge in [-0.1, -0.05) is 23.9 Å². The largest absolute Gasteiger partial charge is 0.497 e. The average Bonchev–Trinajstić information content (AvgIpc) is 3.37. The highest BCUT2D eigenvalue weighted by molar-refractivity contribution is 7.99. The summed E-state index contributed by atoms with van der Waals surface area (Å²) in [5.74, 6) is 1.29. The Bertz CT molecular complexity index is 908. The summed E-state index contributed by atoms with van der Waals surface area (Å²) in [5, 5.41) is 12.9. The van der Waals surface area contributed by atoms with Crippen molar-refractivity contribution in [3.63, 3.8) is 0 Å². The second-order valence-electron chi connectivity index (χ2n) is 5.59. The van der Waals surface area contributed by atoms with E-state index in [0.717, 1.165) is 23.1 Å². The number of carbonyl (C=O) groups excluding carboxylic acids is 2. The van der Waals surface area contributed by atoms with Crippen LogP contribution in [0.5, 0.6) is 5.75 Å². The number of urea groups is 1. The summed E-state index contributed by atoms with van der Waals surface area (Å²) >= 11 is 1.05. The van der Waals surface area contributed by atoms with E-state index in [2.05, 4.69) is 20.8 Å². The number of hydrogen-bond acceptors (Lipinski definition) is 8. The number of methoxy groups -OCH3 is 1. The van der Waals surface area contributed by atoms with Gasteiger partial charge in [-0.15, -0.1) is 10.2 Å². The highest BCUT2D eigenvalue weighted by atomic mass is 32.2. The molecule has 10 heteroatoms. The van der Waals surface area contributed by atoms with Crippen molar-refractivity contribution in [2.45, 2.75) is 18.2 Å². The average molecular weight is 402 g/mol. The molecule has 146 valence electrons. The molecule has 0 atom stereocenters. The number of hydrogen-bond donors (Lipinski definition) is 2. The first-order valence-corrected chi connectivity index (χ1v) is 9.29. The highest BCUT2D eigenvalue weighted by Gasteiger charge is 2.12. The molecule has 0 saturated heterocycles. The van der Waals surface area contributed by atoms with Gasteiger partial charge in [-0.25, -0.2) is 4.79 Å². The van der Waals surface area contributed by atoms with E-state index >= 15 is 0 Å². The van der Waals surface area contributed by atoms with Gasteiger partial charge in [-0.2, -0.15) is 0 Å². The maximum Gasteiger partial charge on any atom is 0.321 e. The van der Waals surface area contributed by atoms with E-state index in [9.17, 15) is 9.59 Å². The topological polar surface area (TPSA) is 119 Å². The molecule has 9 nitrogen and oxygen atoms in total. The van der Waals surface area contributed by atoms with E-state index in [1.807, 2.05) is 24.3 Å². The first-order valence-electron chi connectivity index (χ1n) is 8.30. The SMILES string of the molecule is COc1ccc(Cc2nnc(SCC(=O)NC(=O)NCc3ccco3)o2)cc1. The first kappa shape index (κ1) is 19.5. The molecule has 0 aliphatic heterocycles. The maximum atomic E-state index is 11.8. The van der Waals surface area contributed by atoms with Crippen LogP contribution >= 0.6 is 11.8 Å². The molecular formula is C18H18N4O5S. The van der Waals surface area contributed by atoms with Crippen LogP contribution in [-0.4, -0.2) is 35.0 Å². The zero-order valence-electron chi connectivity index (χ0n) is 15.0. The van der Waals surface area contributed by atoms with Gasteiger partial charge in [0.1, 0.15) is 11.5 Å². The maximum absolute atomic E-state index is 11.8. The molecule has 0 aliphatic carbocycles. The van der Waals surface area contributed by atoms with Crippen LogP contribution in [0, 0.1) is 0 Å². The lowest BCUT2D eigenvalue weighted by molar-refractivity contribution is -0.117. The molecule has 2 heterocycles. The molecule has 3 aromatic rings. The molecule has 1 aromatic carbocycles. The second kappa shape index (κ2) is 9.60. The Morgan fingerprint density at radius 2 is 2.00 bits per heavy atom. The summed E-state index contributed by atoms with van der Waals surface area (Å²) in [6.07, 6.45) is 1.98.